The maximum atomic E-state index is 12.7. The van der Waals surface area contributed by atoms with Gasteiger partial charge in [-0.25, -0.2) is 4.79 Å². The highest BCUT2D eigenvalue weighted by atomic mass is 35.5. The summed E-state index contributed by atoms with van der Waals surface area (Å²) in [7, 11) is 3.86. The lowest BCUT2D eigenvalue weighted by molar-refractivity contribution is 0.0486. The number of halogens is 1. The van der Waals surface area contributed by atoms with E-state index >= 15 is 0 Å². The van der Waals surface area contributed by atoms with Crippen LogP contribution in [0.3, 0.4) is 0 Å². The molecular weight excluding hydrogens is 364 g/mol. The van der Waals surface area contributed by atoms with Crippen molar-refractivity contribution >= 4 is 39.8 Å². The van der Waals surface area contributed by atoms with Gasteiger partial charge in [-0.2, -0.15) is 0 Å². The quantitative estimate of drug-likeness (QED) is 0.333. The molecule has 5 nitrogen and oxygen atoms in total. The largest absolute Gasteiger partial charge is 0.461 e. The van der Waals surface area contributed by atoms with Gasteiger partial charge in [-0.15, -0.1) is 11.6 Å². The van der Waals surface area contributed by atoms with Gasteiger partial charge in [0, 0.05) is 36.0 Å². The second kappa shape index (κ2) is 8.55. The standard InChI is InChI=1S/C21H23ClN2O3/c1-23(2)12-13-27-21(26)20-16-9-8-15(19(25)7-5-10-22)14-18(16)24-11-4-3-6-17(20)24/h3-4,6,8-9,11,14H,5,7,10,12-13H2,1-2H3. The van der Waals surface area contributed by atoms with E-state index in [0.29, 0.717) is 43.0 Å². The predicted molar refractivity (Wildman–Crippen MR) is 108 cm³/mol. The second-order valence-corrected chi connectivity index (χ2v) is 7.10. The Morgan fingerprint density at radius 3 is 2.70 bits per heavy atom. The fraction of sp³-hybridized carbons (Fsp3) is 0.333. The molecule has 3 rings (SSSR count). The third-order valence-corrected chi connectivity index (χ3v) is 4.75. The number of benzene rings is 1. The number of rotatable bonds is 8. The number of alkyl halides is 1. The van der Waals surface area contributed by atoms with Gasteiger partial charge in [0.05, 0.1) is 16.6 Å². The van der Waals surface area contributed by atoms with E-state index in [4.69, 9.17) is 16.3 Å². The van der Waals surface area contributed by atoms with E-state index in [-0.39, 0.29) is 11.8 Å². The molecule has 0 N–H and O–H groups in total. The highest BCUT2D eigenvalue weighted by Gasteiger charge is 2.20. The number of fused-ring (bicyclic) bond motifs is 3. The number of carbonyl (C=O) groups is 2. The van der Waals surface area contributed by atoms with Crippen molar-refractivity contribution in [1.82, 2.24) is 9.30 Å². The minimum Gasteiger partial charge on any atom is -0.461 e. The monoisotopic (exact) mass is 386 g/mol. The molecule has 27 heavy (non-hydrogen) atoms. The zero-order valence-corrected chi connectivity index (χ0v) is 16.3. The van der Waals surface area contributed by atoms with Gasteiger partial charge in [0.25, 0.3) is 0 Å². The number of ketones is 1. The van der Waals surface area contributed by atoms with E-state index in [1.54, 1.807) is 6.07 Å². The zero-order chi connectivity index (χ0) is 19.4. The van der Waals surface area contributed by atoms with Crippen LogP contribution in [0.1, 0.15) is 33.6 Å². The van der Waals surface area contributed by atoms with Crippen LogP contribution in [-0.4, -0.2) is 54.2 Å². The van der Waals surface area contributed by atoms with Crippen molar-refractivity contribution in [2.75, 3.05) is 33.1 Å². The third kappa shape index (κ3) is 4.15. The summed E-state index contributed by atoms with van der Waals surface area (Å²) in [4.78, 5) is 27.1. The summed E-state index contributed by atoms with van der Waals surface area (Å²) in [6.07, 6.45) is 2.95. The number of aromatic nitrogens is 1. The van der Waals surface area contributed by atoms with Gasteiger partial charge in [0.15, 0.2) is 5.78 Å². The number of ether oxygens (including phenoxy) is 1. The fourth-order valence-electron chi connectivity index (χ4n) is 3.09. The van der Waals surface area contributed by atoms with E-state index in [1.807, 2.05) is 59.9 Å². The van der Waals surface area contributed by atoms with Crippen molar-refractivity contribution in [2.24, 2.45) is 0 Å². The van der Waals surface area contributed by atoms with Crippen LogP contribution in [-0.2, 0) is 4.74 Å². The first-order valence-corrected chi connectivity index (χ1v) is 9.50. The Balaban J connectivity index is 2.02. The fourth-order valence-corrected chi connectivity index (χ4v) is 3.22. The van der Waals surface area contributed by atoms with Gasteiger partial charge < -0.3 is 14.0 Å². The van der Waals surface area contributed by atoms with Crippen LogP contribution < -0.4 is 0 Å². The molecule has 0 bridgehead atoms. The summed E-state index contributed by atoms with van der Waals surface area (Å²) < 4.78 is 7.40. The first-order valence-electron chi connectivity index (χ1n) is 8.96. The molecule has 0 spiro atoms. The van der Waals surface area contributed by atoms with E-state index in [1.165, 1.54) is 0 Å². The van der Waals surface area contributed by atoms with Crippen molar-refractivity contribution in [3.63, 3.8) is 0 Å². The Bertz CT molecular complexity index is 978. The Morgan fingerprint density at radius 1 is 1.15 bits per heavy atom. The van der Waals surface area contributed by atoms with E-state index in [0.717, 1.165) is 16.4 Å². The molecule has 3 aromatic rings. The Kier molecular flexibility index (Phi) is 6.14. The number of nitrogens with zero attached hydrogens (tertiary/aromatic N) is 2. The molecule has 0 fully saturated rings. The molecule has 2 heterocycles. The molecule has 6 heteroatoms. The number of pyridine rings is 1. The molecule has 0 radical (unpaired) electrons. The lowest BCUT2D eigenvalue weighted by Gasteiger charge is -2.09. The Hall–Kier alpha value is -2.37. The van der Waals surface area contributed by atoms with E-state index in [9.17, 15) is 9.59 Å². The highest BCUT2D eigenvalue weighted by Crippen LogP contribution is 2.28. The minimum atomic E-state index is -0.350. The number of Topliss-reactive ketones (excluding diaryl/α,β-unsaturated/α-hetero) is 1. The molecular formula is C21H23ClN2O3. The summed E-state index contributed by atoms with van der Waals surface area (Å²) in [5.74, 6) is 0.167. The average molecular weight is 387 g/mol. The van der Waals surface area contributed by atoms with Crippen LogP contribution in [0.4, 0.5) is 0 Å². The smallest absolute Gasteiger partial charge is 0.341 e. The highest BCUT2D eigenvalue weighted by molar-refractivity contribution is 6.18. The summed E-state index contributed by atoms with van der Waals surface area (Å²) in [5, 5.41) is 0.782. The number of likely N-dealkylation sites (N-methyl/N-ethyl adjacent to an activating group) is 1. The molecule has 2 aromatic heterocycles. The molecule has 0 amide bonds. The molecule has 1 aromatic carbocycles. The SMILES string of the molecule is CN(C)CCOC(=O)c1c2ccc(C(=O)CCCCl)cc2n2ccccc12. The molecule has 0 saturated heterocycles. The van der Waals surface area contributed by atoms with Gasteiger partial charge in [-0.05, 0) is 38.7 Å². The molecule has 0 aliphatic carbocycles. The topological polar surface area (TPSA) is 51.0 Å². The lowest BCUT2D eigenvalue weighted by Crippen LogP contribution is -2.20. The normalized spacial score (nSPS) is 11.4. The Labute approximate surface area is 163 Å². The van der Waals surface area contributed by atoms with Crippen LogP contribution >= 0.6 is 11.6 Å². The maximum absolute atomic E-state index is 12.7. The molecule has 0 aliphatic rings. The molecule has 142 valence electrons. The van der Waals surface area contributed by atoms with Crippen LogP contribution in [0.25, 0.3) is 16.4 Å². The number of carbonyl (C=O) groups excluding carboxylic acids is 2. The maximum Gasteiger partial charge on any atom is 0.341 e. The lowest BCUT2D eigenvalue weighted by atomic mass is 10.0. The summed E-state index contributed by atoms with van der Waals surface area (Å²) in [6, 6.07) is 11.1. The van der Waals surface area contributed by atoms with Crippen molar-refractivity contribution in [1.29, 1.82) is 0 Å². The van der Waals surface area contributed by atoms with Crippen LogP contribution in [0.2, 0.25) is 0 Å². The number of esters is 1. The summed E-state index contributed by atoms with van der Waals surface area (Å²) in [6.45, 7) is 0.987. The zero-order valence-electron chi connectivity index (χ0n) is 15.6. The van der Waals surface area contributed by atoms with E-state index in [2.05, 4.69) is 0 Å². The third-order valence-electron chi connectivity index (χ3n) is 4.48. The number of hydrogen-bond acceptors (Lipinski definition) is 4. The van der Waals surface area contributed by atoms with Gasteiger partial charge in [0.1, 0.15) is 6.61 Å². The molecule has 0 atom stereocenters. The average Bonchev–Trinajstić information content (AvgIpc) is 2.99. The Morgan fingerprint density at radius 2 is 1.96 bits per heavy atom. The first kappa shape index (κ1) is 19.4. The summed E-state index contributed by atoms with van der Waals surface area (Å²) >= 11 is 5.69. The predicted octanol–water partition coefficient (Wildman–Crippen LogP) is 4.01. The van der Waals surface area contributed by atoms with E-state index < -0.39 is 0 Å². The van der Waals surface area contributed by atoms with Gasteiger partial charge in [0.2, 0.25) is 0 Å². The van der Waals surface area contributed by atoms with Crippen LogP contribution in [0, 0.1) is 0 Å². The van der Waals surface area contributed by atoms with Crippen molar-refractivity contribution < 1.29 is 14.3 Å². The van der Waals surface area contributed by atoms with Crippen molar-refractivity contribution in [3.05, 3.63) is 53.7 Å². The van der Waals surface area contributed by atoms with Crippen molar-refractivity contribution in [2.45, 2.75) is 12.8 Å². The minimum absolute atomic E-state index is 0.0542. The molecule has 0 unspecified atom stereocenters. The van der Waals surface area contributed by atoms with Gasteiger partial charge in [-0.3, -0.25) is 4.79 Å². The second-order valence-electron chi connectivity index (χ2n) is 6.72. The van der Waals surface area contributed by atoms with Crippen LogP contribution in [0.5, 0.6) is 0 Å². The van der Waals surface area contributed by atoms with Crippen LogP contribution in [0.15, 0.2) is 42.6 Å². The molecule has 0 saturated carbocycles. The first-order chi connectivity index (χ1) is 13.0. The summed E-state index contributed by atoms with van der Waals surface area (Å²) in [5.41, 5.74) is 2.75. The number of hydrogen-bond donors (Lipinski definition) is 0. The van der Waals surface area contributed by atoms with Gasteiger partial charge >= 0.3 is 5.97 Å². The molecule has 0 aliphatic heterocycles. The van der Waals surface area contributed by atoms with Gasteiger partial charge in [-0.1, -0.05) is 18.2 Å². The van der Waals surface area contributed by atoms with Crippen molar-refractivity contribution in [3.8, 4) is 0 Å².